The Morgan fingerprint density at radius 1 is 1.19 bits per heavy atom. The summed E-state index contributed by atoms with van der Waals surface area (Å²) < 4.78 is 28.6. The summed E-state index contributed by atoms with van der Waals surface area (Å²) in [6.45, 7) is 4.97. The molecule has 0 spiro atoms. The molecule has 0 saturated heterocycles. The van der Waals surface area contributed by atoms with Crippen molar-refractivity contribution in [3.63, 3.8) is 0 Å². The van der Waals surface area contributed by atoms with Gasteiger partial charge in [-0.15, -0.1) is 0 Å². The van der Waals surface area contributed by atoms with Crippen molar-refractivity contribution in [3.05, 3.63) is 52.3 Å². The van der Waals surface area contributed by atoms with Crippen molar-refractivity contribution in [2.24, 2.45) is 5.73 Å². The highest BCUT2D eigenvalue weighted by Crippen LogP contribution is 2.19. The van der Waals surface area contributed by atoms with E-state index in [1.54, 1.807) is 0 Å². The van der Waals surface area contributed by atoms with Gasteiger partial charge in [0.1, 0.15) is 11.6 Å². The van der Waals surface area contributed by atoms with Crippen molar-refractivity contribution >= 4 is 0 Å². The van der Waals surface area contributed by atoms with Gasteiger partial charge < -0.3 is 5.73 Å². The van der Waals surface area contributed by atoms with Crippen LogP contribution in [-0.4, -0.2) is 16.3 Å². The Labute approximate surface area is 123 Å². The molecule has 0 amide bonds. The van der Waals surface area contributed by atoms with Crippen LogP contribution in [0.15, 0.2) is 18.2 Å². The zero-order valence-corrected chi connectivity index (χ0v) is 12.5. The average Bonchev–Trinajstić information content (AvgIpc) is 2.79. The lowest BCUT2D eigenvalue weighted by Crippen LogP contribution is -2.10. The Bertz CT molecular complexity index is 620. The van der Waals surface area contributed by atoms with Gasteiger partial charge in [0.05, 0.1) is 12.2 Å². The van der Waals surface area contributed by atoms with E-state index in [0.717, 1.165) is 36.7 Å². The molecule has 114 valence electrons. The second-order valence-corrected chi connectivity index (χ2v) is 5.01. The Hall–Kier alpha value is -1.75. The maximum absolute atomic E-state index is 13.8. The monoisotopic (exact) mass is 293 g/mol. The van der Waals surface area contributed by atoms with Gasteiger partial charge in [0.25, 0.3) is 0 Å². The lowest BCUT2D eigenvalue weighted by Gasteiger charge is -2.09. The Balaban J connectivity index is 2.39. The summed E-state index contributed by atoms with van der Waals surface area (Å²) in [5, 5.41) is 4.58. The first-order valence-corrected chi connectivity index (χ1v) is 7.32. The van der Waals surface area contributed by atoms with E-state index in [2.05, 4.69) is 5.10 Å². The van der Waals surface area contributed by atoms with Crippen molar-refractivity contribution in [2.75, 3.05) is 6.54 Å². The molecule has 3 nitrogen and oxygen atoms in total. The molecular formula is C16H21F2N3. The molecular weight excluding hydrogens is 272 g/mol. The summed E-state index contributed by atoms with van der Waals surface area (Å²) in [6.07, 6.45) is 2.41. The van der Waals surface area contributed by atoms with Crippen molar-refractivity contribution in [2.45, 2.75) is 39.7 Å². The van der Waals surface area contributed by atoms with E-state index in [0.29, 0.717) is 18.7 Å². The van der Waals surface area contributed by atoms with E-state index < -0.39 is 11.6 Å². The molecule has 0 bridgehead atoms. The van der Waals surface area contributed by atoms with Crippen LogP contribution in [0.25, 0.3) is 0 Å². The van der Waals surface area contributed by atoms with Crippen LogP contribution in [0.4, 0.5) is 8.78 Å². The predicted molar refractivity (Wildman–Crippen MR) is 79.2 cm³/mol. The largest absolute Gasteiger partial charge is 0.330 e. The maximum atomic E-state index is 13.8. The second-order valence-electron chi connectivity index (χ2n) is 5.01. The molecule has 1 aromatic heterocycles. The van der Waals surface area contributed by atoms with Gasteiger partial charge in [-0.2, -0.15) is 5.10 Å². The number of aryl methyl sites for hydroxylation is 1. The molecule has 2 rings (SSSR count). The number of hydrogen-bond donors (Lipinski definition) is 1. The number of nitrogens with two attached hydrogens (primary N) is 1. The molecule has 0 aliphatic carbocycles. The van der Waals surface area contributed by atoms with Gasteiger partial charge in [-0.1, -0.05) is 19.9 Å². The van der Waals surface area contributed by atoms with Crippen LogP contribution >= 0.6 is 0 Å². The molecule has 0 fully saturated rings. The number of aromatic nitrogens is 2. The number of nitrogens with zero attached hydrogens (tertiary/aromatic N) is 2. The van der Waals surface area contributed by atoms with E-state index in [1.165, 1.54) is 17.7 Å². The number of benzene rings is 1. The maximum Gasteiger partial charge on any atom is 0.131 e. The van der Waals surface area contributed by atoms with Crippen molar-refractivity contribution in [1.82, 2.24) is 9.78 Å². The summed E-state index contributed by atoms with van der Waals surface area (Å²) in [4.78, 5) is 0. The Kier molecular flexibility index (Phi) is 5.07. The van der Waals surface area contributed by atoms with E-state index >= 15 is 0 Å². The predicted octanol–water partition coefficient (Wildman–Crippen LogP) is 2.84. The van der Waals surface area contributed by atoms with Gasteiger partial charge in [-0.05, 0) is 37.4 Å². The lowest BCUT2D eigenvalue weighted by atomic mass is 10.1. The minimum absolute atomic E-state index is 0.312. The van der Waals surface area contributed by atoms with Crippen LogP contribution in [0.3, 0.4) is 0 Å². The molecule has 0 unspecified atom stereocenters. The molecule has 2 N–H and O–H groups in total. The first kappa shape index (κ1) is 15.6. The first-order valence-electron chi connectivity index (χ1n) is 7.32. The van der Waals surface area contributed by atoms with Crippen LogP contribution in [0, 0.1) is 11.6 Å². The third kappa shape index (κ3) is 3.29. The van der Waals surface area contributed by atoms with Crippen LogP contribution in [0.1, 0.15) is 36.4 Å². The van der Waals surface area contributed by atoms with Gasteiger partial charge in [0, 0.05) is 17.3 Å². The van der Waals surface area contributed by atoms with E-state index in [-0.39, 0.29) is 0 Å². The highest BCUT2D eigenvalue weighted by Gasteiger charge is 2.16. The standard InChI is InChI=1S/C16H21F2N3/c1-3-15-13(7-8-19)16(4-2)21(20-15)10-11-5-6-12(17)9-14(11)18/h5-6,9H,3-4,7-8,10,19H2,1-2H3. The van der Waals surface area contributed by atoms with Crippen molar-refractivity contribution < 1.29 is 8.78 Å². The zero-order valence-electron chi connectivity index (χ0n) is 12.5. The summed E-state index contributed by atoms with van der Waals surface area (Å²) in [6, 6.07) is 3.65. The molecule has 0 atom stereocenters. The van der Waals surface area contributed by atoms with Crippen LogP contribution < -0.4 is 5.73 Å². The van der Waals surface area contributed by atoms with Crippen LogP contribution in [-0.2, 0) is 25.8 Å². The van der Waals surface area contributed by atoms with Gasteiger partial charge in [-0.3, -0.25) is 4.68 Å². The SMILES string of the molecule is CCc1nn(Cc2ccc(F)cc2F)c(CC)c1CCN. The fourth-order valence-electron chi connectivity index (χ4n) is 2.64. The summed E-state index contributed by atoms with van der Waals surface area (Å²) in [5.74, 6) is -1.10. The van der Waals surface area contributed by atoms with Gasteiger partial charge >= 0.3 is 0 Å². The molecule has 21 heavy (non-hydrogen) atoms. The normalized spacial score (nSPS) is 11.1. The van der Waals surface area contributed by atoms with Crippen LogP contribution in [0.5, 0.6) is 0 Å². The number of hydrogen-bond acceptors (Lipinski definition) is 2. The summed E-state index contributed by atoms with van der Waals surface area (Å²) in [7, 11) is 0. The highest BCUT2D eigenvalue weighted by molar-refractivity contribution is 5.29. The quantitative estimate of drug-likeness (QED) is 0.890. The van der Waals surface area contributed by atoms with Gasteiger partial charge in [-0.25, -0.2) is 8.78 Å². The zero-order chi connectivity index (χ0) is 15.4. The molecule has 0 aliphatic rings. The summed E-state index contributed by atoms with van der Waals surface area (Å²) in [5.41, 5.74) is 9.38. The molecule has 0 aliphatic heterocycles. The van der Waals surface area contributed by atoms with Gasteiger partial charge in [0.2, 0.25) is 0 Å². The number of halogens is 2. The molecule has 5 heteroatoms. The Morgan fingerprint density at radius 2 is 1.95 bits per heavy atom. The smallest absolute Gasteiger partial charge is 0.131 e. The highest BCUT2D eigenvalue weighted by atomic mass is 19.1. The third-order valence-electron chi connectivity index (χ3n) is 3.65. The van der Waals surface area contributed by atoms with Gasteiger partial charge in [0.15, 0.2) is 0 Å². The second kappa shape index (κ2) is 6.80. The first-order chi connectivity index (χ1) is 10.1. The van der Waals surface area contributed by atoms with E-state index in [4.69, 9.17) is 5.73 Å². The topological polar surface area (TPSA) is 43.8 Å². The van der Waals surface area contributed by atoms with Crippen LogP contribution in [0.2, 0.25) is 0 Å². The minimum atomic E-state index is -0.564. The van der Waals surface area contributed by atoms with E-state index in [1.807, 2.05) is 18.5 Å². The Morgan fingerprint density at radius 3 is 2.52 bits per heavy atom. The molecule has 1 aromatic carbocycles. The molecule has 0 saturated carbocycles. The van der Waals surface area contributed by atoms with E-state index in [9.17, 15) is 8.78 Å². The van der Waals surface area contributed by atoms with Crippen molar-refractivity contribution in [1.29, 1.82) is 0 Å². The minimum Gasteiger partial charge on any atom is -0.330 e. The third-order valence-corrected chi connectivity index (χ3v) is 3.65. The molecule has 1 heterocycles. The summed E-state index contributed by atoms with van der Waals surface area (Å²) >= 11 is 0. The lowest BCUT2D eigenvalue weighted by molar-refractivity contribution is 0.552. The fraction of sp³-hybridized carbons (Fsp3) is 0.438. The number of rotatable bonds is 6. The average molecular weight is 293 g/mol. The fourth-order valence-corrected chi connectivity index (χ4v) is 2.64. The van der Waals surface area contributed by atoms with Crippen molar-refractivity contribution in [3.8, 4) is 0 Å². The molecule has 0 radical (unpaired) electrons. The molecule has 2 aromatic rings.